The van der Waals surface area contributed by atoms with Gasteiger partial charge in [0.25, 0.3) is 0 Å². The molecule has 2 aliphatic rings. The van der Waals surface area contributed by atoms with Crippen molar-refractivity contribution in [2.75, 3.05) is 20.8 Å². The molecule has 2 heterocycles. The summed E-state index contributed by atoms with van der Waals surface area (Å²) in [6.07, 6.45) is 0.577. The number of fused-ring (bicyclic) bond motifs is 2. The monoisotopic (exact) mass is 325 g/mol. The van der Waals surface area contributed by atoms with Crippen molar-refractivity contribution in [1.29, 1.82) is 0 Å². The summed E-state index contributed by atoms with van der Waals surface area (Å²) >= 11 is 0. The highest BCUT2D eigenvalue weighted by molar-refractivity contribution is 5.98. The van der Waals surface area contributed by atoms with E-state index in [1.54, 1.807) is 7.11 Å². The Bertz CT molecular complexity index is 802. The van der Waals surface area contributed by atoms with Gasteiger partial charge in [-0.2, -0.15) is 0 Å². The highest BCUT2D eigenvalue weighted by Crippen LogP contribution is 2.43. The molecule has 0 saturated heterocycles. The maximum atomic E-state index is 12.4. The number of hydrogen-bond donors (Lipinski definition) is 0. The number of carbonyl (C=O) groups is 1. The summed E-state index contributed by atoms with van der Waals surface area (Å²) in [5.41, 5.74) is 3.97. The van der Waals surface area contributed by atoms with Crippen LogP contribution in [0.25, 0.3) is 0 Å². The first-order valence-electron chi connectivity index (χ1n) is 7.99. The van der Waals surface area contributed by atoms with Gasteiger partial charge in [0.1, 0.15) is 5.56 Å². The van der Waals surface area contributed by atoms with Crippen molar-refractivity contribution in [1.82, 2.24) is 4.90 Å². The second kappa shape index (κ2) is 5.83. The normalized spacial score (nSPS) is 19.4. The number of cyclic esters (lactones) is 1. The molecule has 0 saturated carbocycles. The summed E-state index contributed by atoms with van der Waals surface area (Å²) in [5.74, 6) is 0.627. The largest absolute Gasteiger partial charge is 0.493 e. The summed E-state index contributed by atoms with van der Waals surface area (Å²) in [6.45, 7) is 1.62. The molecule has 4 rings (SSSR count). The third kappa shape index (κ3) is 2.24. The zero-order valence-electron chi connectivity index (χ0n) is 13.7. The topological polar surface area (TPSA) is 48.0 Å². The average Bonchev–Trinajstić information content (AvgIpc) is 2.97. The average molecular weight is 325 g/mol. The minimum atomic E-state index is -0.374. The van der Waals surface area contributed by atoms with Crippen molar-refractivity contribution in [3.8, 4) is 11.5 Å². The van der Waals surface area contributed by atoms with Gasteiger partial charge in [-0.3, -0.25) is 4.90 Å². The van der Waals surface area contributed by atoms with E-state index in [0.29, 0.717) is 17.1 Å². The van der Waals surface area contributed by atoms with Crippen molar-refractivity contribution < 1.29 is 19.0 Å². The number of nitrogens with zero attached hydrogens (tertiary/aromatic N) is 1. The van der Waals surface area contributed by atoms with E-state index in [2.05, 4.69) is 23.1 Å². The lowest BCUT2D eigenvalue weighted by molar-refractivity contribution is -0.0291. The van der Waals surface area contributed by atoms with E-state index >= 15 is 0 Å². The first-order chi connectivity index (χ1) is 11.7. The Morgan fingerprint density at radius 1 is 1.08 bits per heavy atom. The van der Waals surface area contributed by atoms with Crippen molar-refractivity contribution in [2.45, 2.75) is 19.2 Å². The van der Waals surface area contributed by atoms with E-state index in [0.717, 1.165) is 25.1 Å². The van der Waals surface area contributed by atoms with Gasteiger partial charge in [0, 0.05) is 18.7 Å². The van der Waals surface area contributed by atoms with Crippen LogP contribution in [-0.2, 0) is 17.7 Å². The molecular weight excluding hydrogens is 306 g/mol. The van der Waals surface area contributed by atoms with E-state index in [9.17, 15) is 4.79 Å². The van der Waals surface area contributed by atoms with E-state index < -0.39 is 0 Å². The number of benzene rings is 2. The molecule has 0 bridgehead atoms. The van der Waals surface area contributed by atoms with Crippen LogP contribution in [0.2, 0.25) is 0 Å². The molecule has 2 aromatic rings. The van der Waals surface area contributed by atoms with Crippen LogP contribution in [0.4, 0.5) is 0 Å². The number of carbonyl (C=O) groups excluding carboxylic acids is 1. The fraction of sp³-hybridized carbons (Fsp3) is 0.316. The van der Waals surface area contributed by atoms with Gasteiger partial charge >= 0.3 is 5.97 Å². The van der Waals surface area contributed by atoms with Gasteiger partial charge in [-0.1, -0.05) is 24.3 Å². The molecule has 0 spiro atoms. The van der Waals surface area contributed by atoms with Crippen LogP contribution in [0, 0.1) is 0 Å². The zero-order chi connectivity index (χ0) is 16.7. The summed E-state index contributed by atoms with van der Waals surface area (Å²) in [6, 6.07) is 12.1. The van der Waals surface area contributed by atoms with Crippen LogP contribution in [0.5, 0.6) is 11.5 Å². The highest BCUT2D eigenvalue weighted by atomic mass is 16.6. The second-order valence-electron chi connectivity index (χ2n) is 6.01. The van der Waals surface area contributed by atoms with E-state index in [-0.39, 0.29) is 12.2 Å². The molecular formula is C19H19NO4. The van der Waals surface area contributed by atoms with Crippen molar-refractivity contribution in [2.24, 2.45) is 0 Å². The lowest BCUT2D eigenvalue weighted by Crippen LogP contribution is -2.34. The molecule has 0 aromatic heterocycles. The number of hydrogen-bond acceptors (Lipinski definition) is 5. The van der Waals surface area contributed by atoms with Crippen LogP contribution in [0.15, 0.2) is 36.4 Å². The molecule has 24 heavy (non-hydrogen) atoms. The molecule has 124 valence electrons. The standard InChI is InChI=1S/C19H19NO4/c1-22-15-8-7-14-16(17(15)23-2)19(21)24-18(14)20-10-9-12-5-3-4-6-13(12)11-20/h3-8,18H,9-11H2,1-2H3/t18-/m0/s1. The molecule has 5 heteroatoms. The fourth-order valence-corrected chi connectivity index (χ4v) is 3.57. The highest BCUT2D eigenvalue weighted by Gasteiger charge is 2.39. The quantitative estimate of drug-likeness (QED) is 0.812. The minimum Gasteiger partial charge on any atom is -0.493 e. The van der Waals surface area contributed by atoms with Gasteiger partial charge in [-0.05, 0) is 29.7 Å². The van der Waals surface area contributed by atoms with Gasteiger partial charge < -0.3 is 14.2 Å². The molecule has 1 atom stereocenters. The second-order valence-corrected chi connectivity index (χ2v) is 6.01. The minimum absolute atomic E-state index is 0.357. The van der Waals surface area contributed by atoms with Crippen LogP contribution < -0.4 is 9.47 Å². The van der Waals surface area contributed by atoms with E-state index in [4.69, 9.17) is 14.2 Å². The van der Waals surface area contributed by atoms with Crippen LogP contribution >= 0.6 is 0 Å². The molecule has 0 N–H and O–H groups in total. The molecule has 5 nitrogen and oxygen atoms in total. The Kier molecular flexibility index (Phi) is 3.65. The summed E-state index contributed by atoms with van der Waals surface area (Å²) in [4.78, 5) is 14.6. The van der Waals surface area contributed by atoms with Crippen LogP contribution in [-0.4, -0.2) is 31.6 Å². The summed E-state index contributed by atoms with van der Waals surface area (Å²) < 4.78 is 16.4. The van der Waals surface area contributed by atoms with Gasteiger partial charge in [0.05, 0.1) is 14.2 Å². The molecule has 2 aromatic carbocycles. The lowest BCUT2D eigenvalue weighted by atomic mass is 9.98. The van der Waals surface area contributed by atoms with Crippen LogP contribution in [0.1, 0.15) is 33.3 Å². The number of rotatable bonds is 3. The third-order valence-corrected chi connectivity index (χ3v) is 4.76. The maximum absolute atomic E-state index is 12.4. The SMILES string of the molecule is COc1ccc2c(c1OC)C(=O)O[C@@H]2N1CCc2ccccc2C1. The molecule has 0 radical (unpaired) electrons. The van der Waals surface area contributed by atoms with E-state index in [1.807, 2.05) is 18.2 Å². The van der Waals surface area contributed by atoms with Gasteiger partial charge in [0.2, 0.25) is 0 Å². The van der Waals surface area contributed by atoms with E-state index in [1.165, 1.54) is 18.2 Å². The van der Waals surface area contributed by atoms with Crippen molar-refractivity contribution in [3.63, 3.8) is 0 Å². The van der Waals surface area contributed by atoms with Gasteiger partial charge in [-0.15, -0.1) is 0 Å². The Morgan fingerprint density at radius 2 is 1.88 bits per heavy atom. The Hall–Kier alpha value is -2.53. The predicted octanol–water partition coefficient (Wildman–Crippen LogP) is 2.93. The number of methoxy groups -OCH3 is 2. The fourth-order valence-electron chi connectivity index (χ4n) is 3.57. The van der Waals surface area contributed by atoms with Gasteiger partial charge in [-0.25, -0.2) is 4.79 Å². The predicted molar refractivity (Wildman–Crippen MR) is 88.3 cm³/mol. The smallest absolute Gasteiger partial charge is 0.344 e. The van der Waals surface area contributed by atoms with Crippen molar-refractivity contribution in [3.05, 3.63) is 58.7 Å². The first kappa shape index (κ1) is 15.0. The van der Waals surface area contributed by atoms with Crippen molar-refractivity contribution >= 4 is 5.97 Å². The number of esters is 1. The lowest BCUT2D eigenvalue weighted by Gasteiger charge is -2.32. The molecule has 0 aliphatic carbocycles. The number of ether oxygens (including phenoxy) is 3. The molecule has 0 amide bonds. The first-order valence-corrected chi connectivity index (χ1v) is 7.99. The molecule has 0 fully saturated rings. The summed E-state index contributed by atoms with van der Waals surface area (Å²) in [5, 5.41) is 0. The summed E-state index contributed by atoms with van der Waals surface area (Å²) in [7, 11) is 3.10. The molecule has 0 unspecified atom stereocenters. The maximum Gasteiger partial charge on any atom is 0.344 e. The molecule has 2 aliphatic heterocycles. The Morgan fingerprint density at radius 3 is 2.62 bits per heavy atom. The third-order valence-electron chi connectivity index (χ3n) is 4.76. The van der Waals surface area contributed by atoms with Gasteiger partial charge in [0.15, 0.2) is 17.7 Å². The zero-order valence-corrected chi connectivity index (χ0v) is 13.7. The Labute approximate surface area is 140 Å². The van der Waals surface area contributed by atoms with Crippen LogP contribution in [0.3, 0.4) is 0 Å². The Balaban J connectivity index is 1.70.